The summed E-state index contributed by atoms with van der Waals surface area (Å²) in [6, 6.07) is 15.2. The van der Waals surface area contributed by atoms with Crippen molar-refractivity contribution < 1.29 is 29.0 Å². The van der Waals surface area contributed by atoms with Gasteiger partial charge in [0.15, 0.2) is 0 Å². The van der Waals surface area contributed by atoms with E-state index < -0.39 is 41.1 Å². The van der Waals surface area contributed by atoms with Gasteiger partial charge in [0, 0.05) is 6.54 Å². The highest BCUT2D eigenvalue weighted by atomic mass is 16.6. The largest absolute Gasteiger partial charge is 0.466 e. The number of carbonyl (C=O) groups excluding carboxylic acids is 3. The number of carbonyl (C=O) groups is 3. The van der Waals surface area contributed by atoms with Crippen molar-refractivity contribution in [1.29, 1.82) is 0 Å². The molecule has 3 aliphatic rings. The number of nitrogens with zero attached hydrogens (tertiary/aromatic N) is 5. The van der Waals surface area contributed by atoms with Crippen LogP contribution >= 0.6 is 0 Å². The summed E-state index contributed by atoms with van der Waals surface area (Å²) in [6.45, 7) is 7.45. The summed E-state index contributed by atoms with van der Waals surface area (Å²) in [7, 11) is 0. The number of amides is 2. The lowest BCUT2D eigenvalue weighted by molar-refractivity contribution is -0.162. The molecule has 3 aliphatic heterocycles. The molecule has 2 aromatic carbocycles. The molecule has 2 unspecified atom stereocenters. The average molecular weight is 588 g/mol. The van der Waals surface area contributed by atoms with Crippen molar-refractivity contribution in [3.63, 3.8) is 0 Å². The Balaban J connectivity index is 1.43. The standard InChI is InChI=1S/C32H37N5O6/c1-4-17-35(20-36-24-14-10-9-13-23(24)33-34-36)29(40)27-32-16-15-31(3,43-32)26(30(41)42-5-2)25(32)28(39)37(27)22(19-38)18-21-11-7-6-8-12-21/h4,6-14,22,25-27,38H,1,5,15-20H2,2-3H3/t22-,25+,26-,27?,31+,32?/m1/s1. The molecule has 2 bridgehead atoms. The van der Waals surface area contributed by atoms with Crippen molar-refractivity contribution in [3.8, 4) is 0 Å². The second-order valence-electron chi connectivity index (χ2n) is 11.8. The number of benzene rings is 2. The molecule has 1 spiro atoms. The molecule has 3 saturated heterocycles. The molecule has 4 heterocycles. The number of ether oxygens (including phenoxy) is 2. The third kappa shape index (κ3) is 4.62. The van der Waals surface area contributed by atoms with Gasteiger partial charge in [-0.25, -0.2) is 4.68 Å². The summed E-state index contributed by atoms with van der Waals surface area (Å²) in [6.07, 6.45) is 2.86. The van der Waals surface area contributed by atoms with Crippen LogP contribution in [0.1, 0.15) is 32.3 Å². The highest BCUT2D eigenvalue weighted by molar-refractivity contribution is 5.98. The highest BCUT2D eigenvalue weighted by Gasteiger charge is 2.79. The number of hydrogen-bond acceptors (Lipinski definition) is 8. The van der Waals surface area contributed by atoms with Crippen LogP contribution in [0.5, 0.6) is 0 Å². The molecule has 3 fully saturated rings. The van der Waals surface area contributed by atoms with Crippen LogP contribution in [0.3, 0.4) is 0 Å². The minimum atomic E-state index is -1.26. The minimum Gasteiger partial charge on any atom is -0.466 e. The van der Waals surface area contributed by atoms with Crippen molar-refractivity contribution >= 4 is 28.8 Å². The lowest BCUT2D eigenvalue weighted by Crippen LogP contribution is -2.59. The van der Waals surface area contributed by atoms with Crippen molar-refractivity contribution in [2.24, 2.45) is 11.8 Å². The minimum absolute atomic E-state index is 0.0612. The average Bonchev–Trinajstić information content (AvgIpc) is 3.71. The maximum Gasteiger partial charge on any atom is 0.312 e. The molecule has 11 heteroatoms. The second kappa shape index (κ2) is 11.2. The molecule has 226 valence electrons. The van der Waals surface area contributed by atoms with Gasteiger partial charge in [0.25, 0.3) is 0 Å². The molecular formula is C32H37N5O6. The molecule has 43 heavy (non-hydrogen) atoms. The predicted octanol–water partition coefficient (Wildman–Crippen LogP) is 2.33. The first-order valence-electron chi connectivity index (χ1n) is 14.8. The van der Waals surface area contributed by atoms with Gasteiger partial charge < -0.3 is 24.4 Å². The molecule has 1 N–H and O–H groups in total. The van der Waals surface area contributed by atoms with Gasteiger partial charge in [0.1, 0.15) is 29.7 Å². The Hall–Kier alpha value is -4.09. The van der Waals surface area contributed by atoms with Crippen molar-refractivity contribution in [2.45, 2.75) is 63.1 Å². The zero-order valence-electron chi connectivity index (χ0n) is 24.5. The number of hydrogen-bond donors (Lipinski definition) is 1. The van der Waals surface area contributed by atoms with Gasteiger partial charge in [-0.3, -0.25) is 14.4 Å². The summed E-state index contributed by atoms with van der Waals surface area (Å²) < 4.78 is 13.8. The molecule has 11 nitrogen and oxygen atoms in total. The Kier molecular flexibility index (Phi) is 7.55. The predicted molar refractivity (Wildman–Crippen MR) is 156 cm³/mol. The summed E-state index contributed by atoms with van der Waals surface area (Å²) >= 11 is 0. The fraction of sp³-hybridized carbons (Fsp3) is 0.469. The van der Waals surface area contributed by atoms with Gasteiger partial charge >= 0.3 is 5.97 Å². The van der Waals surface area contributed by atoms with Crippen LogP contribution in [0.15, 0.2) is 67.3 Å². The normalized spacial score (nSPS) is 28.2. The van der Waals surface area contributed by atoms with E-state index in [-0.39, 0.29) is 38.2 Å². The molecule has 0 aliphatic carbocycles. The number of aliphatic hydroxyl groups excluding tert-OH is 1. The zero-order chi connectivity index (χ0) is 30.4. The van der Waals surface area contributed by atoms with Crippen molar-refractivity contribution in [1.82, 2.24) is 24.8 Å². The first kappa shape index (κ1) is 29.0. The molecular weight excluding hydrogens is 550 g/mol. The maximum atomic E-state index is 14.8. The Labute approximate surface area is 250 Å². The van der Waals surface area contributed by atoms with Crippen LogP contribution < -0.4 is 0 Å². The fourth-order valence-electron chi connectivity index (χ4n) is 7.49. The van der Waals surface area contributed by atoms with Crippen LogP contribution in [-0.4, -0.2) is 90.7 Å². The summed E-state index contributed by atoms with van der Waals surface area (Å²) in [5.41, 5.74) is 0.151. The number of para-hydroxylation sites is 1. The first-order chi connectivity index (χ1) is 20.8. The Morgan fingerprint density at radius 1 is 1.21 bits per heavy atom. The molecule has 3 aromatic rings. The van der Waals surface area contributed by atoms with Crippen molar-refractivity contribution in [3.05, 3.63) is 72.8 Å². The van der Waals surface area contributed by atoms with Gasteiger partial charge in [-0.2, -0.15) is 0 Å². The number of likely N-dealkylation sites (tertiary alicyclic amines) is 1. The zero-order valence-corrected chi connectivity index (χ0v) is 24.5. The highest BCUT2D eigenvalue weighted by Crippen LogP contribution is 2.63. The SMILES string of the molecule is C=CCN(Cn1nnc2ccccc21)C(=O)C1N([C@@H](CO)Cc2ccccc2)C(=O)[C@@H]2[C@H](C(=O)OCC)[C@]3(C)CCC12O3. The summed E-state index contributed by atoms with van der Waals surface area (Å²) in [4.78, 5) is 45.8. The molecule has 1 aromatic heterocycles. The third-order valence-corrected chi connectivity index (χ3v) is 9.29. The van der Waals surface area contributed by atoms with E-state index >= 15 is 0 Å². The quantitative estimate of drug-likeness (QED) is 0.268. The molecule has 6 atom stereocenters. The van der Waals surface area contributed by atoms with Gasteiger partial charge in [-0.1, -0.05) is 53.8 Å². The Morgan fingerprint density at radius 2 is 1.95 bits per heavy atom. The number of esters is 1. The smallest absolute Gasteiger partial charge is 0.312 e. The number of aromatic nitrogens is 3. The van der Waals surface area contributed by atoms with Gasteiger partial charge in [0.2, 0.25) is 11.8 Å². The summed E-state index contributed by atoms with van der Waals surface area (Å²) in [5, 5.41) is 19.2. The van der Waals surface area contributed by atoms with Crippen molar-refractivity contribution in [2.75, 3.05) is 19.8 Å². The molecule has 0 saturated carbocycles. The lowest BCUT2D eigenvalue weighted by atomic mass is 9.66. The van der Waals surface area contributed by atoms with E-state index in [1.54, 1.807) is 22.6 Å². The topological polar surface area (TPSA) is 127 Å². The van der Waals surface area contributed by atoms with Crippen LogP contribution in [0, 0.1) is 11.8 Å². The maximum absolute atomic E-state index is 14.8. The van der Waals surface area contributed by atoms with Crippen LogP contribution in [0.4, 0.5) is 0 Å². The van der Waals surface area contributed by atoms with Gasteiger partial charge in [-0.15, -0.1) is 11.7 Å². The molecule has 0 radical (unpaired) electrons. The Morgan fingerprint density at radius 3 is 2.67 bits per heavy atom. The van der Waals surface area contributed by atoms with Gasteiger partial charge in [0.05, 0.1) is 36.3 Å². The molecule has 2 amide bonds. The fourth-order valence-corrected chi connectivity index (χ4v) is 7.49. The second-order valence-corrected chi connectivity index (χ2v) is 11.8. The van der Waals surface area contributed by atoms with E-state index in [9.17, 15) is 19.5 Å². The van der Waals surface area contributed by atoms with E-state index in [0.717, 1.165) is 11.1 Å². The van der Waals surface area contributed by atoms with E-state index in [0.29, 0.717) is 24.8 Å². The lowest BCUT2D eigenvalue weighted by Gasteiger charge is -2.39. The number of aliphatic hydroxyl groups is 1. The van der Waals surface area contributed by atoms with E-state index in [1.165, 1.54) is 4.90 Å². The van der Waals surface area contributed by atoms with E-state index in [1.807, 2.05) is 61.5 Å². The number of fused-ring (bicyclic) bond motifs is 2. The van der Waals surface area contributed by atoms with Crippen LogP contribution in [0.2, 0.25) is 0 Å². The van der Waals surface area contributed by atoms with Gasteiger partial charge in [-0.05, 0) is 50.8 Å². The molecule has 6 rings (SSSR count). The first-order valence-corrected chi connectivity index (χ1v) is 14.8. The monoisotopic (exact) mass is 587 g/mol. The Bertz CT molecular complexity index is 1540. The van der Waals surface area contributed by atoms with Crippen LogP contribution in [-0.2, 0) is 36.9 Å². The van der Waals surface area contributed by atoms with E-state index in [4.69, 9.17) is 9.47 Å². The van der Waals surface area contributed by atoms with Crippen LogP contribution in [0.25, 0.3) is 11.0 Å². The van der Waals surface area contributed by atoms with E-state index in [2.05, 4.69) is 16.9 Å². The summed E-state index contributed by atoms with van der Waals surface area (Å²) in [5.74, 6) is -3.02. The number of rotatable bonds is 11. The third-order valence-electron chi connectivity index (χ3n) is 9.29.